The zero-order valence-corrected chi connectivity index (χ0v) is 13.5. The molecule has 0 aromatic carbocycles. The van der Waals surface area contributed by atoms with E-state index in [1.807, 2.05) is 0 Å². The van der Waals surface area contributed by atoms with Crippen LogP contribution >= 0.6 is 0 Å². The summed E-state index contributed by atoms with van der Waals surface area (Å²) in [5, 5.41) is 14.0. The largest absolute Gasteiger partial charge is 0.480 e. The van der Waals surface area contributed by atoms with Crippen molar-refractivity contribution in [1.82, 2.24) is 10.6 Å². The summed E-state index contributed by atoms with van der Waals surface area (Å²) < 4.78 is 9.01. The molecule has 1 aliphatic rings. The summed E-state index contributed by atoms with van der Waals surface area (Å²) in [6, 6.07) is -2.39. The maximum atomic E-state index is 12.1. The zero-order chi connectivity index (χ0) is 18.4. The number of methoxy groups -OCH3 is 2. The lowest BCUT2D eigenvalue weighted by Crippen LogP contribution is -2.54. The molecule has 0 aromatic rings. The van der Waals surface area contributed by atoms with E-state index in [1.165, 1.54) is 6.92 Å². The van der Waals surface area contributed by atoms with Crippen LogP contribution in [-0.2, 0) is 33.4 Å². The molecule has 3 atom stereocenters. The molecule has 1 heterocycles. The molecule has 10 nitrogen and oxygen atoms in total. The van der Waals surface area contributed by atoms with Gasteiger partial charge in [0, 0.05) is 12.3 Å². The van der Waals surface area contributed by atoms with E-state index in [4.69, 9.17) is 0 Å². The van der Waals surface area contributed by atoms with E-state index in [-0.39, 0.29) is 18.7 Å². The summed E-state index contributed by atoms with van der Waals surface area (Å²) in [5.41, 5.74) is 0. The molecule has 0 aromatic heterocycles. The second kappa shape index (κ2) is 8.27. The summed E-state index contributed by atoms with van der Waals surface area (Å²) in [4.78, 5) is 58.3. The van der Waals surface area contributed by atoms with E-state index in [2.05, 4.69) is 20.1 Å². The Kier molecular flexibility index (Phi) is 6.69. The molecule has 0 radical (unpaired) electrons. The number of carboxylic acid groups (broad SMARTS) is 1. The van der Waals surface area contributed by atoms with Crippen LogP contribution in [0.5, 0.6) is 0 Å². The Morgan fingerprint density at radius 1 is 1.21 bits per heavy atom. The summed E-state index contributed by atoms with van der Waals surface area (Å²) >= 11 is 0. The summed E-state index contributed by atoms with van der Waals surface area (Å²) in [6.07, 6.45) is 0.404. The maximum Gasteiger partial charge on any atom is 0.326 e. The number of amides is 2. The molecule has 0 unspecified atom stereocenters. The zero-order valence-electron chi connectivity index (χ0n) is 13.5. The highest BCUT2D eigenvalue weighted by atomic mass is 16.5. The molecular formula is C14H20N2O8. The Labute approximate surface area is 137 Å². The van der Waals surface area contributed by atoms with E-state index >= 15 is 0 Å². The van der Waals surface area contributed by atoms with Crippen LogP contribution in [0, 0.1) is 11.8 Å². The summed E-state index contributed by atoms with van der Waals surface area (Å²) in [6.45, 7) is 1.31. The highest BCUT2D eigenvalue weighted by Gasteiger charge is 2.43. The molecule has 3 N–H and O–H groups in total. The first-order valence-corrected chi connectivity index (χ1v) is 7.21. The molecule has 1 rings (SSSR count). The smallest absolute Gasteiger partial charge is 0.326 e. The monoisotopic (exact) mass is 344 g/mol. The minimum atomic E-state index is -1.54. The van der Waals surface area contributed by atoms with Crippen molar-refractivity contribution in [3.63, 3.8) is 0 Å². The SMILES string of the molecule is COC(=O)C(C(=O)OC)[C@@H](C)[C@@H](NC(=O)[C@@H]1CCC(=O)N1)C(=O)O. The van der Waals surface area contributed by atoms with E-state index in [0.717, 1.165) is 14.2 Å². The number of nitrogens with one attached hydrogen (secondary N) is 2. The number of aliphatic carboxylic acids is 1. The Bertz CT molecular complexity index is 531. The number of ether oxygens (including phenoxy) is 2. The van der Waals surface area contributed by atoms with Gasteiger partial charge in [-0.15, -0.1) is 0 Å². The van der Waals surface area contributed by atoms with E-state index in [1.54, 1.807) is 0 Å². The third kappa shape index (κ3) is 4.43. The number of carbonyl (C=O) groups excluding carboxylic acids is 4. The van der Waals surface area contributed by atoms with Gasteiger partial charge >= 0.3 is 17.9 Å². The maximum absolute atomic E-state index is 12.1. The minimum absolute atomic E-state index is 0.165. The van der Waals surface area contributed by atoms with Gasteiger partial charge in [0.25, 0.3) is 0 Å². The summed E-state index contributed by atoms with van der Waals surface area (Å²) in [7, 11) is 2.10. The van der Waals surface area contributed by atoms with Gasteiger partial charge in [0.2, 0.25) is 11.8 Å². The van der Waals surface area contributed by atoms with Gasteiger partial charge in [-0.05, 0) is 6.42 Å². The van der Waals surface area contributed by atoms with Crippen molar-refractivity contribution in [2.45, 2.75) is 31.8 Å². The second-order valence-corrected chi connectivity index (χ2v) is 5.37. The van der Waals surface area contributed by atoms with Crippen LogP contribution in [0.3, 0.4) is 0 Å². The quantitative estimate of drug-likeness (QED) is 0.371. The van der Waals surface area contributed by atoms with Crippen LogP contribution < -0.4 is 10.6 Å². The average molecular weight is 344 g/mol. The van der Waals surface area contributed by atoms with Crippen molar-refractivity contribution in [2.24, 2.45) is 11.8 Å². The van der Waals surface area contributed by atoms with Crippen LogP contribution in [0.4, 0.5) is 0 Å². The van der Waals surface area contributed by atoms with Gasteiger partial charge in [0.1, 0.15) is 12.1 Å². The molecule has 10 heteroatoms. The van der Waals surface area contributed by atoms with Crippen molar-refractivity contribution in [2.75, 3.05) is 14.2 Å². The fourth-order valence-corrected chi connectivity index (χ4v) is 2.45. The topological polar surface area (TPSA) is 148 Å². The number of hydrogen-bond acceptors (Lipinski definition) is 7. The molecule has 134 valence electrons. The fourth-order valence-electron chi connectivity index (χ4n) is 2.45. The Balaban J connectivity index is 2.94. The highest BCUT2D eigenvalue weighted by Crippen LogP contribution is 2.20. The minimum Gasteiger partial charge on any atom is -0.480 e. The molecule has 1 saturated heterocycles. The third-order valence-corrected chi connectivity index (χ3v) is 3.84. The van der Waals surface area contributed by atoms with Crippen molar-refractivity contribution in [1.29, 1.82) is 0 Å². The lowest BCUT2D eigenvalue weighted by molar-refractivity contribution is -0.163. The fraction of sp³-hybridized carbons (Fsp3) is 0.643. The predicted octanol–water partition coefficient (Wildman–Crippen LogP) is -1.57. The van der Waals surface area contributed by atoms with Crippen LogP contribution in [0.1, 0.15) is 19.8 Å². The van der Waals surface area contributed by atoms with E-state index in [0.29, 0.717) is 0 Å². The Hall–Kier alpha value is -2.65. The molecule has 0 spiro atoms. The van der Waals surface area contributed by atoms with Crippen molar-refractivity contribution in [3.8, 4) is 0 Å². The highest BCUT2D eigenvalue weighted by molar-refractivity contribution is 5.97. The van der Waals surface area contributed by atoms with Gasteiger partial charge in [0.15, 0.2) is 5.92 Å². The lowest BCUT2D eigenvalue weighted by atomic mass is 9.87. The first-order valence-electron chi connectivity index (χ1n) is 7.21. The van der Waals surface area contributed by atoms with Gasteiger partial charge in [0.05, 0.1) is 14.2 Å². The van der Waals surface area contributed by atoms with Gasteiger partial charge in [-0.25, -0.2) is 4.79 Å². The number of carboxylic acids is 1. The van der Waals surface area contributed by atoms with Crippen LogP contribution in [-0.4, -0.2) is 61.1 Å². The third-order valence-electron chi connectivity index (χ3n) is 3.84. The second-order valence-electron chi connectivity index (χ2n) is 5.37. The van der Waals surface area contributed by atoms with Crippen LogP contribution in [0.15, 0.2) is 0 Å². The standard InChI is InChI=1S/C14H20N2O8/c1-6(9(13(21)23-2)14(22)24-3)10(12(19)20)16-11(18)7-4-5-8(17)15-7/h6-7,9-10H,4-5H2,1-3H3,(H,15,17)(H,16,18)(H,19,20)/t6-,7+,10-/m1/s1. The van der Waals surface area contributed by atoms with Gasteiger partial charge in [-0.3, -0.25) is 19.2 Å². The number of hydrogen-bond donors (Lipinski definition) is 3. The van der Waals surface area contributed by atoms with E-state index in [9.17, 15) is 29.1 Å². The van der Waals surface area contributed by atoms with Crippen LogP contribution in [0.25, 0.3) is 0 Å². The normalized spacial score (nSPS) is 19.2. The molecule has 0 bridgehead atoms. The number of rotatable bonds is 7. The Morgan fingerprint density at radius 3 is 2.12 bits per heavy atom. The number of carbonyl (C=O) groups is 5. The predicted molar refractivity (Wildman–Crippen MR) is 77.4 cm³/mol. The molecule has 0 aliphatic carbocycles. The van der Waals surface area contributed by atoms with Crippen molar-refractivity contribution in [3.05, 3.63) is 0 Å². The van der Waals surface area contributed by atoms with Crippen molar-refractivity contribution >= 4 is 29.7 Å². The van der Waals surface area contributed by atoms with Gasteiger partial charge in [-0.1, -0.05) is 6.92 Å². The van der Waals surface area contributed by atoms with Gasteiger partial charge in [-0.2, -0.15) is 0 Å². The van der Waals surface area contributed by atoms with Crippen molar-refractivity contribution < 1.29 is 38.6 Å². The first-order chi connectivity index (χ1) is 11.2. The molecule has 24 heavy (non-hydrogen) atoms. The van der Waals surface area contributed by atoms with Crippen LogP contribution in [0.2, 0.25) is 0 Å². The van der Waals surface area contributed by atoms with Gasteiger partial charge < -0.3 is 25.2 Å². The molecule has 1 aliphatic heterocycles. The number of esters is 2. The molecule has 0 saturated carbocycles. The lowest BCUT2D eigenvalue weighted by Gasteiger charge is -2.26. The average Bonchev–Trinajstić information content (AvgIpc) is 2.98. The molecular weight excluding hydrogens is 324 g/mol. The Morgan fingerprint density at radius 2 is 1.75 bits per heavy atom. The summed E-state index contributed by atoms with van der Waals surface area (Å²) in [5.74, 6) is -7.03. The molecule has 1 fully saturated rings. The van der Waals surface area contributed by atoms with E-state index < -0.39 is 47.7 Å². The first kappa shape index (κ1) is 19.4. The molecule has 2 amide bonds.